The number of rotatable bonds is 3. The Morgan fingerprint density at radius 1 is 1.09 bits per heavy atom. The highest BCUT2D eigenvalue weighted by molar-refractivity contribution is 7.20. The largest absolute Gasteiger partial charge is 0.293 e. The quantitative estimate of drug-likeness (QED) is 0.414. The maximum absolute atomic E-state index is 13.6. The lowest BCUT2D eigenvalue weighted by molar-refractivity contribution is 0.0833. The van der Waals surface area contributed by atoms with Crippen molar-refractivity contribution in [2.24, 2.45) is 11.3 Å². The molecule has 1 fully saturated rings. The van der Waals surface area contributed by atoms with Crippen LogP contribution in [-0.2, 0) is 6.42 Å². The Labute approximate surface area is 190 Å². The third kappa shape index (κ3) is 2.85. The van der Waals surface area contributed by atoms with Crippen molar-refractivity contribution in [1.82, 2.24) is 14.8 Å². The van der Waals surface area contributed by atoms with Crippen LogP contribution in [0.25, 0.3) is 15.3 Å². The first-order chi connectivity index (χ1) is 15.5. The van der Waals surface area contributed by atoms with E-state index in [1.807, 2.05) is 42.8 Å². The molecular weight excluding hydrogens is 416 g/mol. The first kappa shape index (κ1) is 19.4. The minimum Gasteiger partial charge on any atom is -0.293 e. The molecular formula is C26H22N4OS. The second-order valence-corrected chi connectivity index (χ2v) is 10.5. The lowest BCUT2D eigenvalue weighted by Crippen LogP contribution is -2.38. The Hall–Kier alpha value is -3.30. The number of carbonyl (C=O) groups is 1. The van der Waals surface area contributed by atoms with Gasteiger partial charge in [0.1, 0.15) is 5.92 Å². The first-order valence-electron chi connectivity index (χ1n) is 10.9. The summed E-state index contributed by atoms with van der Waals surface area (Å²) in [5.41, 5.74) is 4.17. The molecule has 0 amide bonds. The molecule has 0 bridgehead atoms. The van der Waals surface area contributed by atoms with Crippen molar-refractivity contribution in [3.05, 3.63) is 77.1 Å². The van der Waals surface area contributed by atoms with E-state index < -0.39 is 11.3 Å². The molecule has 2 aliphatic carbocycles. The number of benzene rings is 2. The van der Waals surface area contributed by atoms with E-state index in [-0.39, 0.29) is 11.7 Å². The number of carbonyl (C=O) groups excluding carboxylic acids is 1. The molecule has 6 rings (SSSR count). The molecule has 3 atom stereocenters. The molecule has 1 saturated carbocycles. The Morgan fingerprint density at radius 2 is 1.84 bits per heavy atom. The SMILES string of the molecule is CC1(C)Cc2c(c([C@@H]3C[C@H]3c3ccccc3)nn2-c2nc3ccccc3s2)C(=O)C1C#N. The van der Waals surface area contributed by atoms with Gasteiger partial charge in [0.15, 0.2) is 5.78 Å². The standard InChI is InChI=1S/C26H22N4OS/c1-26(2)13-20-22(24(31)18(26)14-27)23(17-12-16(17)15-8-4-3-5-9-15)29-30(20)25-28-19-10-6-7-11-21(19)32-25/h3-11,16-18H,12-13H2,1-2H3/t16-,17+,18?/m0/s1. The van der Waals surface area contributed by atoms with E-state index in [9.17, 15) is 10.1 Å². The van der Waals surface area contributed by atoms with Crippen LogP contribution in [0.4, 0.5) is 0 Å². The monoisotopic (exact) mass is 438 g/mol. The van der Waals surface area contributed by atoms with Crippen LogP contribution in [0.1, 0.15) is 59.4 Å². The number of ketones is 1. The summed E-state index contributed by atoms with van der Waals surface area (Å²) in [6.45, 7) is 4.00. The summed E-state index contributed by atoms with van der Waals surface area (Å²) in [5.74, 6) is -0.177. The average molecular weight is 439 g/mol. The van der Waals surface area contributed by atoms with Crippen molar-refractivity contribution in [2.45, 2.75) is 38.5 Å². The van der Waals surface area contributed by atoms with Crippen LogP contribution in [0.2, 0.25) is 0 Å². The molecule has 0 N–H and O–H groups in total. The Kier molecular flexibility index (Phi) is 4.15. The minimum absolute atomic E-state index is 0.0835. The fourth-order valence-electron chi connectivity index (χ4n) is 5.10. The highest BCUT2D eigenvalue weighted by Crippen LogP contribution is 2.56. The number of para-hydroxylation sites is 1. The summed E-state index contributed by atoms with van der Waals surface area (Å²) in [6, 6.07) is 20.7. The summed E-state index contributed by atoms with van der Waals surface area (Å²) in [4.78, 5) is 18.4. The van der Waals surface area contributed by atoms with Crippen molar-refractivity contribution < 1.29 is 4.79 Å². The van der Waals surface area contributed by atoms with Crippen molar-refractivity contribution in [3.63, 3.8) is 0 Å². The number of hydrogen-bond acceptors (Lipinski definition) is 5. The van der Waals surface area contributed by atoms with Gasteiger partial charge < -0.3 is 0 Å². The van der Waals surface area contributed by atoms with Gasteiger partial charge in [0.2, 0.25) is 5.13 Å². The minimum atomic E-state index is -0.657. The zero-order chi connectivity index (χ0) is 22.0. The van der Waals surface area contributed by atoms with E-state index in [4.69, 9.17) is 10.1 Å². The van der Waals surface area contributed by atoms with Crippen LogP contribution in [0.15, 0.2) is 54.6 Å². The molecule has 1 unspecified atom stereocenters. The number of nitrogens with zero attached hydrogens (tertiary/aromatic N) is 4. The van der Waals surface area contributed by atoms with Crippen molar-refractivity contribution >= 4 is 27.3 Å². The van der Waals surface area contributed by atoms with Crippen molar-refractivity contribution in [3.8, 4) is 11.2 Å². The second kappa shape index (κ2) is 6.85. The molecule has 0 spiro atoms. The fourth-order valence-corrected chi connectivity index (χ4v) is 6.05. The zero-order valence-electron chi connectivity index (χ0n) is 17.9. The molecule has 158 valence electrons. The smallest absolute Gasteiger partial charge is 0.211 e. The second-order valence-electron chi connectivity index (χ2n) is 9.53. The maximum atomic E-state index is 13.6. The predicted molar refractivity (Wildman–Crippen MR) is 124 cm³/mol. The lowest BCUT2D eigenvalue weighted by Gasteiger charge is -2.33. The first-order valence-corrected chi connectivity index (χ1v) is 11.8. The number of thiazole rings is 1. The van der Waals surface area contributed by atoms with Crippen LogP contribution in [-0.4, -0.2) is 20.5 Å². The van der Waals surface area contributed by atoms with Crippen LogP contribution < -0.4 is 0 Å². The fraction of sp³-hybridized carbons (Fsp3) is 0.308. The van der Waals surface area contributed by atoms with Crippen LogP contribution in [0, 0.1) is 22.7 Å². The topological polar surface area (TPSA) is 71.6 Å². The van der Waals surface area contributed by atoms with Gasteiger partial charge in [0.05, 0.1) is 33.2 Å². The van der Waals surface area contributed by atoms with Gasteiger partial charge in [-0.3, -0.25) is 4.79 Å². The van der Waals surface area contributed by atoms with E-state index in [2.05, 4.69) is 36.4 Å². The van der Waals surface area contributed by atoms with Gasteiger partial charge in [-0.05, 0) is 41.9 Å². The lowest BCUT2D eigenvalue weighted by atomic mass is 9.67. The van der Waals surface area contributed by atoms with Crippen LogP contribution in [0.5, 0.6) is 0 Å². The Balaban J connectivity index is 1.52. The summed E-state index contributed by atoms with van der Waals surface area (Å²) < 4.78 is 2.99. The number of hydrogen-bond donors (Lipinski definition) is 0. The molecule has 2 aromatic carbocycles. The third-order valence-electron chi connectivity index (χ3n) is 6.88. The normalized spacial score (nSPS) is 23.7. The molecule has 2 aliphatic rings. The van der Waals surface area contributed by atoms with Gasteiger partial charge >= 0.3 is 0 Å². The van der Waals surface area contributed by atoms with Crippen molar-refractivity contribution in [1.29, 1.82) is 5.26 Å². The molecule has 0 aliphatic heterocycles. The molecule has 4 aromatic rings. The van der Waals surface area contributed by atoms with E-state index in [0.717, 1.165) is 33.2 Å². The van der Waals surface area contributed by atoms with Gasteiger partial charge in [-0.1, -0.05) is 67.6 Å². The van der Waals surface area contributed by atoms with E-state index in [1.54, 1.807) is 11.3 Å². The Morgan fingerprint density at radius 3 is 2.59 bits per heavy atom. The average Bonchev–Trinajstić information content (AvgIpc) is 3.31. The van der Waals surface area contributed by atoms with Crippen LogP contribution in [0.3, 0.4) is 0 Å². The summed E-state index contributed by atoms with van der Waals surface area (Å²) >= 11 is 1.59. The van der Waals surface area contributed by atoms with Gasteiger partial charge in [-0.25, -0.2) is 9.67 Å². The maximum Gasteiger partial charge on any atom is 0.211 e. The Bertz CT molecular complexity index is 1380. The van der Waals surface area contributed by atoms with E-state index >= 15 is 0 Å². The number of fused-ring (bicyclic) bond motifs is 2. The third-order valence-corrected chi connectivity index (χ3v) is 7.90. The molecule has 5 nitrogen and oxygen atoms in total. The molecule has 0 radical (unpaired) electrons. The van der Waals surface area contributed by atoms with Crippen molar-refractivity contribution in [2.75, 3.05) is 0 Å². The van der Waals surface area contributed by atoms with E-state index in [1.165, 1.54) is 5.56 Å². The zero-order valence-corrected chi connectivity index (χ0v) is 18.8. The summed E-state index contributed by atoms with van der Waals surface area (Å²) in [6.07, 6.45) is 1.60. The highest BCUT2D eigenvalue weighted by atomic mass is 32.1. The number of nitriles is 1. The van der Waals surface area contributed by atoms with E-state index in [0.29, 0.717) is 17.9 Å². The highest BCUT2D eigenvalue weighted by Gasteiger charge is 2.50. The summed E-state index contributed by atoms with van der Waals surface area (Å²) in [7, 11) is 0. The van der Waals surface area contributed by atoms with Crippen LogP contribution >= 0.6 is 11.3 Å². The predicted octanol–water partition coefficient (Wildman–Crippen LogP) is 5.66. The molecule has 2 aromatic heterocycles. The molecule has 6 heteroatoms. The molecule has 0 saturated heterocycles. The van der Waals surface area contributed by atoms with Gasteiger partial charge in [0.25, 0.3) is 0 Å². The van der Waals surface area contributed by atoms with Gasteiger partial charge in [-0.15, -0.1) is 0 Å². The summed E-state index contributed by atoms with van der Waals surface area (Å²) in [5, 5.41) is 15.6. The number of aromatic nitrogens is 3. The van der Waals surface area contributed by atoms with Gasteiger partial charge in [0, 0.05) is 5.92 Å². The van der Waals surface area contributed by atoms with Gasteiger partial charge in [-0.2, -0.15) is 10.4 Å². The number of Topliss-reactive ketones (excluding diaryl/α,β-unsaturated/α-hetero) is 1. The molecule has 2 heterocycles. The molecule has 32 heavy (non-hydrogen) atoms.